The highest BCUT2D eigenvalue weighted by molar-refractivity contribution is 5.95. The molecule has 0 spiro atoms. The smallest absolute Gasteiger partial charge is 0.313 e. The number of ether oxygens (including phenoxy) is 1. The van der Waals surface area contributed by atoms with Crippen molar-refractivity contribution in [1.29, 1.82) is 0 Å². The first-order valence-electron chi connectivity index (χ1n) is 4.52. The van der Waals surface area contributed by atoms with Crippen LogP contribution in [0.2, 0.25) is 0 Å². The molecule has 0 bridgehead atoms. The van der Waals surface area contributed by atoms with Gasteiger partial charge in [0.1, 0.15) is 12.2 Å². The molecule has 0 atom stereocenters. The molecule has 0 aliphatic rings. The fourth-order valence-electron chi connectivity index (χ4n) is 1.03. The number of Topliss-reactive ketones (excluding diaryl/α,β-unsaturated/α-hetero) is 1. The summed E-state index contributed by atoms with van der Waals surface area (Å²) in [4.78, 5) is 22.1. The molecular formula is C10H18O3. The molecule has 0 aromatic rings. The van der Waals surface area contributed by atoms with Crippen molar-refractivity contribution in [3.05, 3.63) is 0 Å². The van der Waals surface area contributed by atoms with Gasteiger partial charge < -0.3 is 4.74 Å². The van der Waals surface area contributed by atoms with Crippen LogP contribution in [-0.4, -0.2) is 18.4 Å². The first-order valence-corrected chi connectivity index (χ1v) is 4.52. The van der Waals surface area contributed by atoms with Gasteiger partial charge >= 0.3 is 5.97 Å². The standard InChI is InChI=1S/C10H18O3/c1-5-13-9(12)6-8(11)7-10(2,3)4/h5-7H2,1-4H3. The fraction of sp³-hybridized carbons (Fsp3) is 0.800. The Morgan fingerprint density at radius 2 is 1.77 bits per heavy atom. The Morgan fingerprint density at radius 1 is 1.23 bits per heavy atom. The predicted molar refractivity (Wildman–Crippen MR) is 50.3 cm³/mol. The molecule has 0 aliphatic heterocycles. The molecular weight excluding hydrogens is 168 g/mol. The molecule has 0 rings (SSSR count). The van der Waals surface area contributed by atoms with E-state index < -0.39 is 5.97 Å². The van der Waals surface area contributed by atoms with Crippen molar-refractivity contribution in [3.8, 4) is 0 Å². The zero-order chi connectivity index (χ0) is 10.5. The maximum atomic E-state index is 11.2. The van der Waals surface area contributed by atoms with Gasteiger partial charge in [-0.25, -0.2) is 0 Å². The quantitative estimate of drug-likeness (QED) is 0.498. The van der Waals surface area contributed by atoms with Crippen LogP contribution >= 0.6 is 0 Å². The molecule has 0 fully saturated rings. The molecule has 13 heavy (non-hydrogen) atoms. The van der Waals surface area contributed by atoms with Crippen molar-refractivity contribution in [3.63, 3.8) is 0 Å². The van der Waals surface area contributed by atoms with Gasteiger partial charge in [0.2, 0.25) is 0 Å². The molecule has 0 amide bonds. The monoisotopic (exact) mass is 186 g/mol. The largest absolute Gasteiger partial charge is 0.466 e. The van der Waals surface area contributed by atoms with Gasteiger partial charge in [0.05, 0.1) is 6.61 Å². The molecule has 0 unspecified atom stereocenters. The van der Waals surface area contributed by atoms with Gasteiger partial charge in [-0.05, 0) is 12.3 Å². The first-order chi connectivity index (χ1) is 5.85. The molecule has 3 nitrogen and oxygen atoms in total. The zero-order valence-electron chi connectivity index (χ0n) is 8.85. The van der Waals surface area contributed by atoms with Crippen molar-refractivity contribution in [1.82, 2.24) is 0 Å². The Balaban J connectivity index is 3.82. The second-order valence-electron chi connectivity index (χ2n) is 4.26. The minimum atomic E-state index is -0.420. The molecule has 0 N–H and O–H groups in total. The lowest BCUT2D eigenvalue weighted by Gasteiger charge is -2.16. The maximum absolute atomic E-state index is 11.2. The van der Waals surface area contributed by atoms with Gasteiger partial charge in [-0.3, -0.25) is 9.59 Å². The number of ketones is 1. The summed E-state index contributed by atoms with van der Waals surface area (Å²) in [5.41, 5.74) is -0.0520. The number of esters is 1. The summed E-state index contributed by atoms with van der Waals surface area (Å²) in [7, 11) is 0. The number of hydrogen-bond donors (Lipinski definition) is 0. The van der Waals surface area contributed by atoms with Gasteiger partial charge in [-0.2, -0.15) is 0 Å². The van der Waals surface area contributed by atoms with Crippen molar-refractivity contribution in [2.75, 3.05) is 6.61 Å². The summed E-state index contributed by atoms with van der Waals surface area (Å²) < 4.78 is 4.67. The highest BCUT2D eigenvalue weighted by Gasteiger charge is 2.18. The van der Waals surface area contributed by atoms with Crippen LogP contribution in [0.3, 0.4) is 0 Å². The highest BCUT2D eigenvalue weighted by Crippen LogP contribution is 2.19. The summed E-state index contributed by atoms with van der Waals surface area (Å²) in [5.74, 6) is -0.470. The van der Waals surface area contributed by atoms with E-state index in [9.17, 15) is 9.59 Å². The van der Waals surface area contributed by atoms with E-state index in [0.717, 1.165) is 0 Å². The first kappa shape index (κ1) is 12.1. The van der Waals surface area contributed by atoms with Gasteiger partial charge in [0.15, 0.2) is 0 Å². The Hall–Kier alpha value is -0.860. The average Bonchev–Trinajstić information content (AvgIpc) is 1.81. The van der Waals surface area contributed by atoms with Crippen molar-refractivity contribution in [2.24, 2.45) is 5.41 Å². The number of rotatable bonds is 4. The molecule has 0 saturated heterocycles. The van der Waals surface area contributed by atoms with E-state index in [1.807, 2.05) is 20.8 Å². The van der Waals surface area contributed by atoms with E-state index in [4.69, 9.17) is 0 Å². The van der Waals surface area contributed by atoms with E-state index >= 15 is 0 Å². The van der Waals surface area contributed by atoms with Crippen molar-refractivity contribution in [2.45, 2.75) is 40.5 Å². The third-order valence-electron chi connectivity index (χ3n) is 1.37. The summed E-state index contributed by atoms with van der Waals surface area (Å²) in [6.45, 7) is 7.97. The number of carbonyl (C=O) groups is 2. The molecule has 0 heterocycles. The van der Waals surface area contributed by atoms with E-state index in [-0.39, 0.29) is 17.6 Å². The van der Waals surface area contributed by atoms with Crippen molar-refractivity contribution < 1.29 is 14.3 Å². The summed E-state index contributed by atoms with van der Waals surface area (Å²) in [5, 5.41) is 0. The Kier molecular flexibility index (Phi) is 4.67. The second kappa shape index (κ2) is 5.00. The van der Waals surface area contributed by atoms with E-state index in [0.29, 0.717) is 13.0 Å². The third-order valence-corrected chi connectivity index (χ3v) is 1.37. The van der Waals surface area contributed by atoms with Gasteiger partial charge in [0, 0.05) is 6.42 Å². The predicted octanol–water partition coefficient (Wildman–Crippen LogP) is 1.94. The van der Waals surface area contributed by atoms with Crippen LogP contribution in [0.4, 0.5) is 0 Å². The van der Waals surface area contributed by atoms with E-state index in [2.05, 4.69) is 4.74 Å². The summed E-state index contributed by atoms with van der Waals surface area (Å²) >= 11 is 0. The molecule has 0 aromatic carbocycles. The van der Waals surface area contributed by atoms with Crippen molar-refractivity contribution >= 4 is 11.8 Å². The topological polar surface area (TPSA) is 43.4 Å². The summed E-state index contributed by atoms with van der Waals surface area (Å²) in [6.07, 6.45) is 0.330. The molecule has 76 valence electrons. The Labute approximate surface area is 79.5 Å². The van der Waals surface area contributed by atoms with Crippen LogP contribution in [0.5, 0.6) is 0 Å². The SMILES string of the molecule is CCOC(=O)CC(=O)CC(C)(C)C. The van der Waals surface area contributed by atoms with Crippen LogP contribution in [0.1, 0.15) is 40.5 Å². The van der Waals surface area contributed by atoms with Crippen LogP contribution in [0.15, 0.2) is 0 Å². The lowest BCUT2D eigenvalue weighted by Crippen LogP contribution is -2.17. The molecule has 0 radical (unpaired) electrons. The zero-order valence-corrected chi connectivity index (χ0v) is 8.85. The normalized spacial score (nSPS) is 11.1. The van der Waals surface area contributed by atoms with E-state index in [1.54, 1.807) is 6.92 Å². The van der Waals surface area contributed by atoms with Gasteiger partial charge in [-0.1, -0.05) is 20.8 Å². The minimum Gasteiger partial charge on any atom is -0.466 e. The number of hydrogen-bond acceptors (Lipinski definition) is 3. The molecule has 0 aliphatic carbocycles. The van der Waals surface area contributed by atoms with Crippen LogP contribution in [0, 0.1) is 5.41 Å². The summed E-state index contributed by atoms with van der Waals surface area (Å²) in [6, 6.07) is 0. The molecule has 0 saturated carbocycles. The van der Waals surface area contributed by atoms with Crippen LogP contribution < -0.4 is 0 Å². The van der Waals surface area contributed by atoms with Gasteiger partial charge in [-0.15, -0.1) is 0 Å². The molecule has 3 heteroatoms. The highest BCUT2D eigenvalue weighted by atomic mass is 16.5. The number of carbonyl (C=O) groups excluding carboxylic acids is 2. The Bertz CT molecular complexity index is 189. The maximum Gasteiger partial charge on any atom is 0.313 e. The van der Waals surface area contributed by atoms with E-state index in [1.165, 1.54) is 0 Å². The Morgan fingerprint density at radius 3 is 2.15 bits per heavy atom. The minimum absolute atomic E-state index is 0.0500. The van der Waals surface area contributed by atoms with Crippen LogP contribution in [0.25, 0.3) is 0 Å². The average molecular weight is 186 g/mol. The van der Waals surface area contributed by atoms with Crippen LogP contribution in [-0.2, 0) is 14.3 Å². The lowest BCUT2D eigenvalue weighted by molar-refractivity contribution is -0.145. The third kappa shape index (κ3) is 7.50. The van der Waals surface area contributed by atoms with Gasteiger partial charge in [0.25, 0.3) is 0 Å². The molecule has 0 aromatic heterocycles. The lowest BCUT2D eigenvalue weighted by atomic mass is 9.89. The second-order valence-corrected chi connectivity index (χ2v) is 4.26. The fourth-order valence-corrected chi connectivity index (χ4v) is 1.03.